The van der Waals surface area contributed by atoms with Crippen molar-refractivity contribution in [3.05, 3.63) is 47.7 Å². The smallest absolute Gasteiger partial charge is 0.276 e. The van der Waals surface area contributed by atoms with Gasteiger partial charge in [-0.15, -0.1) is 10.2 Å². The van der Waals surface area contributed by atoms with Crippen LogP contribution in [0.25, 0.3) is 0 Å². The summed E-state index contributed by atoms with van der Waals surface area (Å²) in [7, 11) is 3.11. The van der Waals surface area contributed by atoms with Crippen LogP contribution in [0.5, 0.6) is 11.5 Å². The minimum Gasteiger partial charge on any atom is -0.497 e. The quantitative estimate of drug-likeness (QED) is 0.670. The second kappa shape index (κ2) is 9.73. The number of rotatable bonds is 8. The number of nitrogens with one attached hydrogen (secondary N) is 2. The SMILES string of the molecule is COc1ccc(OC)c(NC(=O)c2ccc(NCCC3=CCCCC3)nn2)c1. The number of hydrogen-bond donors (Lipinski definition) is 2. The van der Waals surface area contributed by atoms with Crippen molar-refractivity contribution in [1.82, 2.24) is 10.2 Å². The van der Waals surface area contributed by atoms with Gasteiger partial charge >= 0.3 is 0 Å². The largest absolute Gasteiger partial charge is 0.497 e. The van der Waals surface area contributed by atoms with E-state index >= 15 is 0 Å². The summed E-state index contributed by atoms with van der Waals surface area (Å²) >= 11 is 0. The van der Waals surface area contributed by atoms with Crippen LogP contribution in [0, 0.1) is 0 Å². The maximum absolute atomic E-state index is 12.5. The third-order valence-electron chi connectivity index (χ3n) is 4.69. The van der Waals surface area contributed by atoms with Crippen molar-refractivity contribution < 1.29 is 14.3 Å². The van der Waals surface area contributed by atoms with Gasteiger partial charge in [0.1, 0.15) is 17.3 Å². The average Bonchev–Trinajstić information content (AvgIpc) is 2.75. The highest BCUT2D eigenvalue weighted by molar-refractivity contribution is 6.03. The van der Waals surface area contributed by atoms with Crippen LogP contribution in [0.3, 0.4) is 0 Å². The Morgan fingerprint density at radius 2 is 2.00 bits per heavy atom. The summed E-state index contributed by atoms with van der Waals surface area (Å²) in [5, 5.41) is 14.2. The molecule has 148 valence electrons. The Bertz CT molecular complexity index is 834. The summed E-state index contributed by atoms with van der Waals surface area (Å²) in [6.45, 7) is 0.813. The van der Waals surface area contributed by atoms with Gasteiger partial charge in [0.2, 0.25) is 0 Å². The van der Waals surface area contributed by atoms with Crippen LogP contribution in [-0.4, -0.2) is 36.9 Å². The molecule has 7 heteroatoms. The lowest BCUT2D eigenvalue weighted by atomic mass is 9.97. The van der Waals surface area contributed by atoms with E-state index in [9.17, 15) is 4.79 Å². The summed E-state index contributed by atoms with van der Waals surface area (Å²) in [6, 6.07) is 8.60. The zero-order valence-electron chi connectivity index (χ0n) is 16.3. The van der Waals surface area contributed by atoms with E-state index in [1.54, 1.807) is 44.6 Å². The fraction of sp³-hybridized carbons (Fsp3) is 0.381. The second-order valence-corrected chi connectivity index (χ2v) is 6.61. The summed E-state index contributed by atoms with van der Waals surface area (Å²) in [5.74, 6) is 1.46. The zero-order chi connectivity index (χ0) is 19.8. The van der Waals surface area contributed by atoms with Gasteiger partial charge in [-0.2, -0.15) is 0 Å². The van der Waals surface area contributed by atoms with Gasteiger partial charge in [-0.05, 0) is 56.4 Å². The first-order valence-corrected chi connectivity index (χ1v) is 9.48. The van der Waals surface area contributed by atoms with E-state index in [0.717, 1.165) is 13.0 Å². The van der Waals surface area contributed by atoms with Gasteiger partial charge in [0.25, 0.3) is 5.91 Å². The standard InChI is InChI=1S/C21H26N4O3/c1-27-16-8-10-19(28-2)18(14-16)23-21(26)17-9-11-20(25-24-17)22-13-12-15-6-4-3-5-7-15/h6,8-11,14H,3-5,7,12-13H2,1-2H3,(H,22,25)(H,23,26). The van der Waals surface area contributed by atoms with E-state index in [0.29, 0.717) is 23.0 Å². The highest BCUT2D eigenvalue weighted by atomic mass is 16.5. The molecule has 2 aromatic rings. The summed E-state index contributed by atoms with van der Waals surface area (Å²) in [6.07, 6.45) is 8.33. The molecule has 1 amide bonds. The lowest BCUT2D eigenvalue weighted by molar-refractivity contribution is 0.102. The first-order chi connectivity index (χ1) is 13.7. The molecule has 0 saturated carbocycles. The Morgan fingerprint density at radius 1 is 1.11 bits per heavy atom. The molecule has 0 atom stereocenters. The third-order valence-corrected chi connectivity index (χ3v) is 4.69. The molecule has 1 aromatic carbocycles. The van der Waals surface area contributed by atoms with Crippen LogP contribution >= 0.6 is 0 Å². The molecule has 1 heterocycles. The molecule has 0 radical (unpaired) electrons. The topological polar surface area (TPSA) is 85.4 Å². The molecule has 0 bridgehead atoms. The van der Waals surface area contributed by atoms with Crippen molar-refractivity contribution in [3.63, 3.8) is 0 Å². The van der Waals surface area contributed by atoms with Gasteiger partial charge in [0.15, 0.2) is 5.69 Å². The predicted molar refractivity (Wildman–Crippen MR) is 109 cm³/mol. The third kappa shape index (κ3) is 5.22. The van der Waals surface area contributed by atoms with Gasteiger partial charge in [-0.3, -0.25) is 4.79 Å². The van der Waals surface area contributed by atoms with Crippen molar-refractivity contribution in [3.8, 4) is 11.5 Å². The molecule has 1 aliphatic rings. The molecule has 0 spiro atoms. The predicted octanol–water partition coefficient (Wildman–Crippen LogP) is 4.05. The molecule has 3 rings (SSSR count). The first kappa shape index (κ1) is 19.7. The van der Waals surface area contributed by atoms with Crippen molar-refractivity contribution in [2.24, 2.45) is 0 Å². The monoisotopic (exact) mass is 382 g/mol. The second-order valence-electron chi connectivity index (χ2n) is 6.61. The number of anilines is 2. The number of benzene rings is 1. The Labute approximate surface area is 165 Å². The molecule has 0 fully saturated rings. The summed E-state index contributed by atoms with van der Waals surface area (Å²) < 4.78 is 10.5. The normalized spacial score (nSPS) is 13.4. The molecule has 0 aliphatic heterocycles. The number of methoxy groups -OCH3 is 2. The van der Waals surface area contributed by atoms with E-state index in [-0.39, 0.29) is 11.6 Å². The Balaban J connectivity index is 1.57. The number of nitrogens with zero attached hydrogens (tertiary/aromatic N) is 2. The molecule has 1 aromatic heterocycles. The van der Waals surface area contributed by atoms with Gasteiger partial charge in [-0.25, -0.2) is 0 Å². The lowest BCUT2D eigenvalue weighted by Gasteiger charge is -2.13. The van der Waals surface area contributed by atoms with Crippen LogP contribution in [-0.2, 0) is 0 Å². The molecule has 7 nitrogen and oxygen atoms in total. The number of ether oxygens (including phenoxy) is 2. The summed E-state index contributed by atoms with van der Waals surface area (Å²) in [4.78, 5) is 12.5. The van der Waals surface area contributed by atoms with Crippen molar-refractivity contribution in [2.45, 2.75) is 32.1 Å². The van der Waals surface area contributed by atoms with Gasteiger partial charge < -0.3 is 20.1 Å². The molecule has 2 N–H and O–H groups in total. The van der Waals surface area contributed by atoms with Gasteiger partial charge in [0, 0.05) is 12.6 Å². The minimum absolute atomic E-state index is 0.227. The lowest BCUT2D eigenvalue weighted by Crippen LogP contribution is -2.15. The zero-order valence-corrected chi connectivity index (χ0v) is 16.3. The van der Waals surface area contributed by atoms with Gasteiger partial charge in [0.05, 0.1) is 19.9 Å². The van der Waals surface area contributed by atoms with Crippen molar-refractivity contribution in [2.75, 3.05) is 31.4 Å². The van der Waals surface area contributed by atoms with E-state index in [1.807, 2.05) is 0 Å². The summed E-state index contributed by atoms with van der Waals surface area (Å²) in [5.41, 5.74) is 2.25. The van der Waals surface area contributed by atoms with Crippen LogP contribution in [0.1, 0.15) is 42.6 Å². The number of allylic oxidation sites excluding steroid dienone is 1. The van der Waals surface area contributed by atoms with E-state index in [2.05, 4.69) is 26.9 Å². The van der Waals surface area contributed by atoms with E-state index < -0.39 is 0 Å². The van der Waals surface area contributed by atoms with Crippen molar-refractivity contribution in [1.29, 1.82) is 0 Å². The number of carbonyl (C=O) groups is 1. The fourth-order valence-electron chi connectivity index (χ4n) is 3.13. The highest BCUT2D eigenvalue weighted by Crippen LogP contribution is 2.29. The van der Waals surface area contributed by atoms with E-state index in [4.69, 9.17) is 9.47 Å². The van der Waals surface area contributed by atoms with Crippen LogP contribution < -0.4 is 20.1 Å². The number of carbonyl (C=O) groups excluding carboxylic acids is 1. The van der Waals surface area contributed by atoms with Crippen molar-refractivity contribution >= 4 is 17.4 Å². The maximum Gasteiger partial charge on any atom is 0.276 e. The highest BCUT2D eigenvalue weighted by Gasteiger charge is 2.13. The van der Waals surface area contributed by atoms with Gasteiger partial charge in [-0.1, -0.05) is 11.6 Å². The molecular weight excluding hydrogens is 356 g/mol. The Hall–Kier alpha value is -3.09. The van der Waals surface area contributed by atoms with Crippen LogP contribution in [0.4, 0.5) is 11.5 Å². The maximum atomic E-state index is 12.5. The molecule has 28 heavy (non-hydrogen) atoms. The number of hydrogen-bond acceptors (Lipinski definition) is 6. The average molecular weight is 382 g/mol. The first-order valence-electron chi connectivity index (χ1n) is 9.48. The molecule has 1 aliphatic carbocycles. The molecular formula is C21H26N4O3. The van der Waals surface area contributed by atoms with Crippen LogP contribution in [0.15, 0.2) is 42.0 Å². The molecule has 0 saturated heterocycles. The minimum atomic E-state index is -0.363. The van der Waals surface area contributed by atoms with Crippen LogP contribution in [0.2, 0.25) is 0 Å². The number of aromatic nitrogens is 2. The fourth-order valence-corrected chi connectivity index (χ4v) is 3.13. The molecule has 0 unspecified atom stereocenters. The number of amides is 1. The Morgan fingerprint density at radius 3 is 2.68 bits per heavy atom. The van der Waals surface area contributed by atoms with E-state index in [1.165, 1.54) is 31.3 Å². The Kier molecular flexibility index (Phi) is 6.84.